The van der Waals surface area contributed by atoms with E-state index in [0.29, 0.717) is 19.4 Å². The third-order valence-electron chi connectivity index (χ3n) is 5.20. The molecule has 2 aromatic rings. The van der Waals surface area contributed by atoms with E-state index in [2.05, 4.69) is 11.4 Å². The number of hydrogen-bond donors (Lipinski definition) is 1. The topological polar surface area (TPSA) is 58.6 Å². The minimum Gasteiger partial charge on any atom is -0.497 e. The van der Waals surface area contributed by atoms with Crippen LogP contribution in [0.25, 0.3) is 0 Å². The number of carbonyl (C=O) groups excluding carboxylic acids is 2. The van der Waals surface area contributed by atoms with E-state index < -0.39 is 0 Å². The Labute approximate surface area is 160 Å². The van der Waals surface area contributed by atoms with Gasteiger partial charge in [0.1, 0.15) is 5.75 Å². The average Bonchev–Trinajstić information content (AvgIpc) is 2.68. The lowest BCUT2D eigenvalue weighted by atomic mass is 9.84. The van der Waals surface area contributed by atoms with Gasteiger partial charge in [-0.25, -0.2) is 0 Å². The fourth-order valence-corrected chi connectivity index (χ4v) is 3.71. The zero-order valence-electron chi connectivity index (χ0n) is 16.1. The van der Waals surface area contributed by atoms with Gasteiger partial charge in [0.15, 0.2) is 0 Å². The molecule has 2 aromatic carbocycles. The highest BCUT2D eigenvalue weighted by Crippen LogP contribution is 2.36. The lowest BCUT2D eigenvalue weighted by Crippen LogP contribution is -2.46. The third kappa shape index (κ3) is 4.30. The molecule has 142 valence electrons. The number of amides is 2. The fraction of sp³-hybridized carbons (Fsp3) is 0.364. The summed E-state index contributed by atoms with van der Waals surface area (Å²) in [4.78, 5) is 26.9. The molecule has 2 atom stereocenters. The van der Waals surface area contributed by atoms with Gasteiger partial charge >= 0.3 is 0 Å². The minimum atomic E-state index is -0.272. The molecule has 1 aliphatic rings. The Kier molecular flexibility index (Phi) is 5.79. The summed E-state index contributed by atoms with van der Waals surface area (Å²) in [6.07, 6.45) is 0.950. The Morgan fingerprint density at radius 3 is 2.63 bits per heavy atom. The molecule has 5 heteroatoms. The van der Waals surface area contributed by atoms with Crippen LogP contribution >= 0.6 is 0 Å². The van der Waals surface area contributed by atoms with E-state index in [9.17, 15) is 9.59 Å². The van der Waals surface area contributed by atoms with Crippen LogP contribution in [0.3, 0.4) is 0 Å². The molecule has 1 aliphatic heterocycles. The van der Waals surface area contributed by atoms with E-state index in [1.165, 1.54) is 5.56 Å². The molecule has 0 bridgehead atoms. The van der Waals surface area contributed by atoms with Gasteiger partial charge in [0.05, 0.1) is 19.1 Å². The first-order valence-corrected chi connectivity index (χ1v) is 9.22. The van der Waals surface area contributed by atoms with Gasteiger partial charge in [0.25, 0.3) is 0 Å². The summed E-state index contributed by atoms with van der Waals surface area (Å²) >= 11 is 0. The third-order valence-corrected chi connectivity index (χ3v) is 5.20. The van der Waals surface area contributed by atoms with Crippen molar-refractivity contribution in [2.45, 2.75) is 32.4 Å². The fourth-order valence-electron chi connectivity index (χ4n) is 3.71. The molecule has 3 rings (SSSR count). The van der Waals surface area contributed by atoms with E-state index in [0.717, 1.165) is 16.9 Å². The first-order valence-electron chi connectivity index (χ1n) is 9.22. The maximum atomic E-state index is 12.9. The number of benzene rings is 2. The van der Waals surface area contributed by atoms with E-state index in [1.807, 2.05) is 49.4 Å². The molecular formula is C22H26N2O3. The molecule has 1 heterocycles. The standard InChI is InChI=1S/C22H26N2O3/c1-15-5-4-6-16(13-15)14-23-22(26)19-11-12-20(25)24(2)21(19)17-7-9-18(27-3)10-8-17/h4-10,13,19,21H,11-12,14H2,1-3H3,(H,23,26)/t19-,21+/m0/s1. The summed E-state index contributed by atoms with van der Waals surface area (Å²) in [7, 11) is 3.39. The number of likely N-dealkylation sites (tertiary alicyclic amines) is 1. The molecule has 27 heavy (non-hydrogen) atoms. The van der Waals surface area contributed by atoms with Crippen molar-refractivity contribution in [3.05, 3.63) is 65.2 Å². The zero-order chi connectivity index (χ0) is 19.4. The number of nitrogens with one attached hydrogen (secondary N) is 1. The predicted molar refractivity (Wildman–Crippen MR) is 104 cm³/mol. The van der Waals surface area contributed by atoms with Gasteiger partial charge in [0.2, 0.25) is 11.8 Å². The molecule has 0 saturated carbocycles. The van der Waals surface area contributed by atoms with E-state index in [-0.39, 0.29) is 23.8 Å². The summed E-state index contributed by atoms with van der Waals surface area (Å²) < 4.78 is 5.22. The van der Waals surface area contributed by atoms with Crippen molar-refractivity contribution < 1.29 is 14.3 Å². The van der Waals surface area contributed by atoms with Crippen LogP contribution < -0.4 is 10.1 Å². The van der Waals surface area contributed by atoms with Crippen molar-refractivity contribution in [3.8, 4) is 5.75 Å². The molecule has 1 fully saturated rings. The molecule has 0 aromatic heterocycles. The van der Waals surface area contributed by atoms with Crippen LogP contribution in [0.5, 0.6) is 5.75 Å². The summed E-state index contributed by atoms with van der Waals surface area (Å²) in [6, 6.07) is 15.4. The number of hydrogen-bond acceptors (Lipinski definition) is 3. The van der Waals surface area contributed by atoms with Gasteiger partial charge in [-0.1, -0.05) is 42.0 Å². The molecule has 2 amide bonds. The van der Waals surface area contributed by atoms with Crippen LogP contribution in [0.1, 0.15) is 35.6 Å². The Hall–Kier alpha value is -2.82. The van der Waals surface area contributed by atoms with E-state index in [4.69, 9.17) is 4.74 Å². The molecule has 1 N–H and O–H groups in total. The average molecular weight is 366 g/mol. The van der Waals surface area contributed by atoms with Crippen molar-refractivity contribution in [2.24, 2.45) is 5.92 Å². The minimum absolute atomic E-state index is 0.0170. The molecule has 1 saturated heterocycles. The van der Waals surface area contributed by atoms with Crippen LogP contribution in [0, 0.1) is 12.8 Å². The SMILES string of the molecule is COc1ccc([C@@H]2[C@@H](C(=O)NCc3cccc(C)c3)CCC(=O)N2C)cc1. The van der Waals surface area contributed by atoms with Crippen LogP contribution in [0.4, 0.5) is 0 Å². The molecular weight excluding hydrogens is 340 g/mol. The second-order valence-corrected chi connectivity index (χ2v) is 7.07. The summed E-state index contributed by atoms with van der Waals surface area (Å²) in [5, 5.41) is 3.05. The maximum absolute atomic E-state index is 12.9. The Morgan fingerprint density at radius 1 is 1.22 bits per heavy atom. The Morgan fingerprint density at radius 2 is 1.96 bits per heavy atom. The monoisotopic (exact) mass is 366 g/mol. The summed E-state index contributed by atoms with van der Waals surface area (Å²) in [5.74, 6) is 0.533. The largest absolute Gasteiger partial charge is 0.497 e. The van der Waals surface area contributed by atoms with Crippen molar-refractivity contribution in [1.29, 1.82) is 0 Å². The van der Waals surface area contributed by atoms with Crippen molar-refractivity contribution in [2.75, 3.05) is 14.2 Å². The lowest BCUT2D eigenvalue weighted by Gasteiger charge is -2.38. The second-order valence-electron chi connectivity index (χ2n) is 7.07. The smallest absolute Gasteiger partial charge is 0.225 e. The Bertz CT molecular complexity index is 817. The highest BCUT2D eigenvalue weighted by Gasteiger charge is 2.38. The summed E-state index contributed by atoms with van der Waals surface area (Å²) in [5.41, 5.74) is 3.19. The van der Waals surface area contributed by atoms with Crippen LogP contribution in [-0.2, 0) is 16.1 Å². The van der Waals surface area contributed by atoms with Crippen molar-refractivity contribution in [1.82, 2.24) is 10.2 Å². The van der Waals surface area contributed by atoms with E-state index >= 15 is 0 Å². The molecule has 5 nitrogen and oxygen atoms in total. The molecule has 0 spiro atoms. The molecule has 0 unspecified atom stereocenters. The van der Waals surface area contributed by atoms with E-state index in [1.54, 1.807) is 19.1 Å². The number of nitrogens with zero attached hydrogens (tertiary/aromatic N) is 1. The molecule has 0 aliphatic carbocycles. The highest BCUT2D eigenvalue weighted by molar-refractivity contribution is 5.84. The normalized spacial score (nSPS) is 19.7. The van der Waals surface area contributed by atoms with Gasteiger partial charge in [-0.05, 0) is 36.6 Å². The van der Waals surface area contributed by atoms with Gasteiger partial charge < -0.3 is 15.0 Å². The first-order chi connectivity index (χ1) is 13.0. The van der Waals surface area contributed by atoms with Gasteiger partial charge in [-0.15, -0.1) is 0 Å². The van der Waals surface area contributed by atoms with Crippen LogP contribution in [0.15, 0.2) is 48.5 Å². The number of methoxy groups -OCH3 is 1. The number of rotatable bonds is 5. The number of piperidine rings is 1. The maximum Gasteiger partial charge on any atom is 0.225 e. The predicted octanol–water partition coefficient (Wildman–Crippen LogP) is 3.23. The highest BCUT2D eigenvalue weighted by atomic mass is 16.5. The van der Waals surface area contributed by atoms with Crippen molar-refractivity contribution >= 4 is 11.8 Å². The van der Waals surface area contributed by atoms with Gasteiger partial charge in [-0.2, -0.15) is 0 Å². The van der Waals surface area contributed by atoms with Gasteiger partial charge in [-0.3, -0.25) is 9.59 Å². The summed E-state index contributed by atoms with van der Waals surface area (Å²) in [6.45, 7) is 2.52. The molecule has 0 radical (unpaired) electrons. The van der Waals surface area contributed by atoms with Gasteiger partial charge in [0, 0.05) is 20.0 Å². The van der Waals surface area contributed by atoms with Crippen molar-refractivity contribution in [3.63, 3.8) is 0 Å². The number of aryl methyl sites for hydroxylation is 1. The van der Waals surface area contributed by atoms with Crippen LogP contribution in [-0.4, -0.2) is 30.9 Å². The number of ether oxygens (including phenoxy) is 1. The van der Waals surface area contributed by atoms with Crippen LogP contribution in [0.2, 0.25) is 0 Å². The lowest BCUT2D eigenvalue weighted by molar-refractivity contribution is -0.141. The first kappa shape index (κ1) is 19.0. The second kappa shape index (κ2) is 8.25. The quantitative estimate of drug-likeness (QED) is 0.884. The number of carbonyl (C=O) groups is 2. The Balaban J connectivity index is 1.77. The zero-order valence-corrected chi connectivity index (χ0v) is 16.1.